The Kier molecular flexibility index (Phi) is 7.13. The molecule has 43 heavy (non-hydrogen) atoms. The van der Waals surface area contributed by atoms with Gasteiger partial charge in [0.2, 0.25) is 0 Å². The number of nitrogens with zero attached hydrogens (tertiary/aromatic N) is 4. The van der Waals surface area contributed by atoms with Crippen LogP contribution >= 0.6 is 0 Å². The standard InChI is InChI=1S/C33H37N5O4S/c1-22-20-24(6-10-27(22)32(39)38-16-18-43(40,41)19-17-38)28-4-3-5-29-31(28)42-33(35-29)34-25-7-11-30(23(2)21-25)37-14-12-36(13-15-37)26-8-9-26/h3-7,10-11,20-21,26H,8-9,12-19H2,1-2H3,(H,34,35). The first kappa shape index (κ1) is 27.9. The van der Waals surface area contributed by atoms with Crippen LogP contribution in [0.25, 0.3) is 22.2 Å². The van der Waals surface area contributed by atoms with E-state index in [0.29, 0.717) is 17.2 Å². The van der Waals surface area contributed by atoms with Crippen molar-refractivity contribution in [1.82, 2.24) is 14.8 Å². The Hall–Kier alpha value is -3.89. The summed E-state index contributed by atoms with van der Waals surface area (Å²) in [6, 6.07) is 19.3. The van der Waals surface area contributed by atoms with E-state index in [1.165, 1.54) is 24.1 Å². The smallest absolute Gasteiger partial charge is 0.300 e. The Balaban J connectivity index is 1.07. The third kappa shape index (κ3) is 5.73. The zero-order chi connectivity index (χ0) is 29.7. The van der Waals surface area contributed by atoms with Crippen LogP contribution in [0.1, 0.15) is 34.3 Å². The number of nitrogens with one attached hydrogen (secondary N) is 1. The molecular formula is C33H37N5O4S. The van der Waals surface area contributed by atoms with Gasteiger partial charge < -0.3 is 19.5 Å². The number of amides is 1. The molecule has 1 aliphatic carbocycles. The lowest BCUT2D eigenvalue weighted by molar-refractivity contribution is 0.0769. The molecule has 0 atom stereocenters. The molecule has 3 fully saturated rings. The fourth-order valence-corrected chi connectivity index (χ4v) is 7.57. The molecule has 0 spiro atoms. The van der Waals surface area contributed by atoms with Gasteiger partial charge in [-0.15, -0.1) is 0 Å². The number of carbonyl (C=O) groups excluding carboxylic acids is 1. The minimum absolute atomic E-state index is 0.0150. The van der Waals surface area contributed by atoms with Crippen LogP contribution in [0.2, 0.25) is 0 Å². The van der Waals surface area contributed by atoms with Gasteiger partial charge in [-0.05, 0) is 73.7 Å². The molecule has 1 amide bonds. The molecule has 3 aromatic carbocycles. The highest BCUT2D eigenvalue weighted by molar-refractivity contribution is 7.91. The summed E-state index contributed by atoms with van der Waals surface area (Å²) in [5, 5.41) is 3.35. The molecule has 2 aliphatic heterocycles. The number of hydrogen-bond donors (Lipinski definition) is 1. The third-order valence-corrected chi connectivity index (χ3v) is 10.6. The Morgan fingerprint density at radius 3 is 2.37 bits per heavy atom. The lowest BCUT2D eigenvalue weighted by atomic mass is 9.98. The number of fused-ring (bicyclic) bond motifs is 1. The molecule has 224 valence electrons. The minimum Gasteiger partial charge on any atom is -0.423 e. The van der Waals surface area contributed by atoms with E-state index in [9.17, 15) is 13.2 Å². The maximum Gasteiger partial charge on any atom is 0.300 e. The first-order valence-corrected chi connectivity index (χ1v) is 16.9. The monoisotopic (exact) mass is 599 g/mol. The lowest BCUT2D eigenvalue weighted by Gasteiger charge is -2.37. The topological polar surface area (TPSA) is 99.0 Å². The average Bonchev–Trinajstić information content (AvgIpc) is 3.76. The van der Waals surface area contributed by atoms with Crippen molar-refractivity contribution >= 4 is 44.2 Å². The van der Waals surface area contributed by atoms with Crippen molar-refractivity contribution in [3.63, 3.8) is 0 Å². The third-order valence-electron chi connectivity index (χ3n) is 8.98. The number of para-hydroxylation sites is 1. The van der Waals surface area contributed by atoms with E-state index >= 15 is 0 Å². The fourth-order valence-electron chi connectivity index (χ4n) is 6.37. The second-order valence-corrected chi connectivity index (χ2v) is 14.3. The Labute approximate surface area is 252 Å². The molecule has 0 radical (unpaired) electrons. The molecule has 7 rings (SSSR count). The number of aryl methyl sites for hydroxylation is 2. The second-order valence-electron chi connectivity index (χ2n) is 12.0. The van der Waals surface area contributed by atoms with Gasteiger partial charge in [0, 0.05) is 67.8 Å². The van der Waals surface area contributed by atoms with Crippen LogP contribution in [0.3, 0.4) is 0 Å². The summed E-state index contributed by atoms with van der Waals surface area (Å²) in [5.74, 6) is -0.104. The van der Waals surface area contributed by atoms with Crippen LogP contribution < -0.4 is 10.2 Å². The zero-order valence-electron chi connectivity index (χ0n) is 24.7. The van der Waals surface area contributed by atoms with Gasteiger partial charge in [-0.3, -0.25) is 9.69 Å². The molecule has 0 unspecified atom stereocenters. The van der Waals surface area contributed by atoms with E-state index in [1.54, 1.807) is 4.90 Å². The quantitative estimate of drug-likeness (QED) is 0.330. The van der Waals surface area contributed by atoms with Gasteiger partial charge in [0.1, 0.15) is 5.52 Å². The van der Waals surface area contributed by atoms with Crippen molar-refractivity contribution in [2.75, 3.05) is 61.0 Å². The van der Waals surface area contributed by atoms with Crippen LogP contribution in [0.15, 0.2) is 59.0 Å². The molecule has 2 saturated heterocycles. The predicted octanol–water partition coefficient (Wildman–Crippen LogP) is 5.01. The van der Waals surface area contributed by atoms with E-state index in [4.69, 9.17) is 9.40 Å². The highest BCUT2D eigenvalue weighted by Gasteiger charge is 2.31. The van der Waals surface area contributed by atoms with Gasteiger partial charge in [0.15, 0.2) is 15.4 Å². The van der Waals surface area contributed by atoms with Gasteiger partial charge in [-0.2, -0.15) is 4.98 Å². The molecule has 9 nitrogen and oxygen atoms in total. The number of sulfone groups is 1. The Bertz CT molecular complexity index is 1790. The average molecular weight is 600 g/mol. The lowest BCUT2D eigenvalue weighted by Crippen LogP contribution is -2.47. The van der Waals surface area contributed by atoms with E-state index in [2.05, 4.69) is 40.2 Å². The van der Waals surface area contributed by atoms with Gasteiger partial charge >= 0.3 is 0 Å². The number of rotatable bonds is 6. The molecule has 10 heteroatoms. The highest BCUT2D eigenvalue weighted by Crippen LogP contribution is 2.34. The van der Waals surface area contributed by atoms with Crippen LogP contribution in [-0.4, -0.2) is 85.9 Å². The summed E-state index contributed by atoms with van der Waals surface area (Å²) in [7, 11) is -3.05. The van der Waals surface area contributed by atoms with Crippen molar-refractivity contribution in [1.29, 1.82) is 0 Å². The van der Waals surface area contributed by atoms with Crippen LogP contribution in [0.4, 0.5) is 17.4 Å². The number of aromatic nitrogens is 1. The van der Waals surface area contributed by atoms with Crippen LogP contribution in [0, 0.1) is 13.8 Å². The van der Waals surface area contributed by atoms with E-state index in [-0.39, 0.29) is 30.5 Å². The van der Waals surface area contributed by atoms with E-state index < -0.39 is 9.84 Å². The van der Waals surface area contributed by atoms with E-state index in [1.807, 2.05) is 43.3 Å². The first-order chi connectivity index (χ1) is 20.7. The molecule has 4 aromatic rings. The second kappa shape index (κ2) is 11.0. The number of hydrogen-bond acceptors (Lipinski definition) is 8. The molecule has 3 heterocycles. The molecule has 0 bridgehead atoms. The predicted molar refractivity (Wildman–Crippen MR) is 170 cm³/mol. The first-order valence-electron chi connectivity index (χ1n) is 15.1. The fraction of sp³-hybridized carbons (Fsp3) is 0.394. The SMILES string of the molecule is Cc1cc(-c2cccc3nc(Nc4ccc(N5CCN(C6CC6)CC5)c(C)c4)oc23)ccc1C(=O)N1CCS(=O)(=O)CC1. The molecule has 1 saturated carbocycles. The minimum atomic E-state index is -3.05. The van der Waals surface area contributed by atoms with Crippen molar-refractivity contribution in [2.24, 2.45) is 0 Å². The zero-order valence-corrected chi connectivity index (χ0v) is 25.5. The number of carbonyl (C=O) groups is 1. The number of benzene rings is 3. The highest BCUT2D eigenvalue weighted by atomic mass is 32.2. The Morgan fingerprint density at radius 1 is 0.907 bits per heavy atom. The van der Waals surface area contributed by atoms with Gasteiger partial charge in [0.05, 0.1) is 11.5 Å². The molecule has 1 N–H and O–H groups in total. The molecule has 1 aromatic heterocycles. The van der Waals surface area contributed by atoms with Gasteiger partial charge in [0.25, 0.3) is 11.9 Å². The van der Waals surface area contributed by atoms with Crippen LogP contribution in [0.5, 0.6) is 0 Å². The summed E-state index contributed by atoms with van der Waals surface area (Å²) in [6.07, 6.45) is 2.72. The molecule has 3 aliphatic rings. The maximum absolute atomic E-state index is 13.1. The summed E-state index contributed by atoms with van der Waals surface area (Å²) >= 11 is 0. The largest absolute Gasteiger partial charge is 0.423 e. The van der Waals surface area contributed by atoms with Crippen molar-refractivity contribution in [3.8, 4) is 11.1 Å². The maximum atomic E-state index is 13.1. The van der Waals surface area contributed by atoms with Crippen molar-refractivity contribution in [2.45, 2.75) is 32.7 Å². The van der Waals surface area contributed by atoms with Crippen LogP contribution in [-0.2, 0) is 9.84 Å². The summed E-state index contributed by atoms with van der Waals surface area (Å²) < 4.78 is 29.8. The van der Waals surface area contributed by atoms with Crippen molar-refractivity contribution in [3.05, 3.63) is 71.3 Å². The number of anilines is 3. The van der Waals surface area contributed by atoms with Crippen molar-refractivity contribution < 1.29 is 17.6 Å². The summed E-state index contributed by atoms with van der Waals surface area (Å²) in [5.41, 5.74) is 8.07. The molecular weight excluding hydrogens is 562 g/mol. The van der Waals surface area contributed by atoms with E-state index in [0.717, 1.165) is 60.1 Å². The summed E-state index contributed by atoms with van der Waals surface area (Å²) in [4.78, 5) is 24.6. The van der Waals surface area contributed by atoms with Gasteiger partial charge in [-0.25, -0.2) is 8.42 Å². The number of piperazine rings is 1. The normalized spacial score (nSPS) is 19.1. The van der Waals surface area contributed by atoms with Gasteiger partial charge in [-0.1, -0.05) is 24.3 Å². The number of oxazole rings is 1. The summed E-state index contributed by atoms with van der Waals surface area (Å²) in [6.45, 7) is 8.93. The Morgan fingerprint density at radius 2 is 1.67 bits per heavy atom.